The standard InChI is InChI=1S/C14H22N2O3/c1-10(2)15-14(18)16(3)13(9-17)11-5-7-12(19-4)8-6-11/h5-8,10,13,17H,9H2,1-4H3,(H,15,18)/t13-/m0/s1. The number of likely N-dealkylation sites (N-methyl/N-ethyl adjacent to an activating group) is 1. The smallest absolute Gasteiger partial charge is 0.317 e. The second kappa shape index (κ2) is 6.99. The number of carbonyl (C=O) groups excluding carboxylic acids is 1. The lowest BCUT2D eigenvalue weighted by Crippen LogP contribution is -2.43. The molecular weight excluding hydrogens is 244 g/mol. The van der Waals surface area contributed by atoms with Crippen molar-refractivity contribution in [2.45, 2.75) is 25.9 Å². The first kappa shape index (κ1) is 15.3. The third-order valence-electron chi connectivity index (χ3n) is 2.87. The maximum Gasteiger partial charge on any atom is 0.317 e. The summed E-state index contributed by atoms with van der Waals surface area (Å²) in [7, 11) is 3.27. The number of carbonyl (C=O) groups is 1. The summed E-state index contributed by atoms with van der Waals surface area (Å²) < 4.78 is 5.09. The maximum atomic E-state index is 11.9. The van der Waals surface area contributed by atoms with E-state index in [1.54, 1.807) is 14.2 Å². The van der Waals surface area contributed by atoms with Crippen LogP contribution in [0, 0.1) is 0 Å². The minimum absolute atomic E-state index is 0.0603. The molecule has 0 aliphatic rings. The van der Waals surface area contributed by atoms with Crippen molar-refractivity contribution in [1.29, 1.82) is 0 Å². The van der Waals surface area contributed by atoms with E-state index in [2.05, 4.69) is 5.32 Å². The predicted octanol–water partition coefficient (Wildman–Crippen LogP) is 1.78. The first-order chi connectivity index (χ1) is 8.99. The lowest BCUT2D eigenvalue weighted by Gasteiger charge is -2.28. The molecule has 2 N–H and O–H groups in total. The molecule has 2 amide bonds. The van der Waals surface area contributed by atoms with E-state index in [-0.39, 0.29) is 24.7 Å². The molecule has 0 aromatic heterocycles. The highest BCUT2D eigenvalue weighted by Crippen LogP contribution is 2.21. The SMILES string of the molecule is COc1ccc([C@H](CO)N(C)C(=O)NC(C)C)cc1. The van der Waals surface area contributed by atoms with Crippen LogP contribution in [0.25, 0.3) is 0 Å². The molecule has 5 heteroatoms. The molecule has 1 rings (SSSR count). The van der Waals surface area contributed by atoms with Crippen LogP contribution in [0.2, 0.25) is 0 Å². The van der Waals surface area contributed by atoms with E-state index in [4.69, 9.17) is 4.74 Å². The maximum absolute atomic E-state index is 11.9. The van der Waals surface area contributed by atoms with Gasteiger partial charge in [0.1, 0.15) is 5.75 Å². The number of methoxy groups -OCH3 is 1. The highest BCUT2D eigenvalue weighted by atomic mass is 16.5. The number of hydrogen-bond acceptors (Lipinski definition) is 3. The number of hydrogen-bond donors (Lipinski definition) is 2. The van der Waals surface area contributed by atoms with Gasteiger partial charge in [-0.15, -0.1) is 0 Å². The van der Waals surface area contributed by atoms with Crippen LogP contribution in [0.3, 0.4) is 0 Å². The third kappa shape index (κ3) is 4.13. The van der Waals surface area contributed by atoms with Gasteiger partial charge >= 0.3 is 6.03 Å². The number of aliphatic hydroxyl groups excluding tert-OH is 1. The number of ether oxygens (including phenoxy) is 1. The molecule has 0 radical (unpaired) electrons. The molecule has 0 aliphatic carbocycles. The summed E-state index contributed by atoms with van der Waals surface area (Å²) in [5.74, 6) is 0.745. The molecule has 106 valence electrons. The monoisotopic (exact) mass is 266 g/mol. The van der Waals surface area contributed by atoms with Crippen molar-refractivity contribution in [1.82, 2.24) is 10.2 Å². The third-order valence-corrected chi connectivity index (χ3v) is 2.87. The van der Waals surface area contributed by atoms with Crippen molar-refractivity contribution in [3.8, 4) is 5.75 Å². The van der Waals surface area contributed by atoms with E-state index >= 15 is 0 Å². The predicted molar refractivity (Wildman–Crippen MR) is 74.3 cm³/mol. The largest absolute Gasteiger partial charge is 0.497 e. The van der Waals surface area contributed by atoms with Crippen molar-refractivity contribution < 1.29 is 14.6 Å². The summed E-state index contributed by atoms with van der Waals surface area (Å²) in [5, 5.41) is 12.3. The highest BCUT2D eigenvalue weighted by molar-refractivity contribution is 5.74. The van der Waals surface area contributed by atoms with Gasteiger partial charge in [-0.3, -0.25) is 0 Å². The molecule has 0 spiro atoms. The molecule has 1 aromatic carbocycles. The molecule has 0 heterocycles. The highest BCUT2D eigenvalue weighted by Gasteiger charge is 2.21. The Morgan fingerprint density at radius 2 is 1.95 bits per heavy atom. The number of benzene rings is 1. The molecule has 0 bridgehead atoms. The number of aliphatic hydroxyl groups is 1. The summed E-state index contributed by atoms with van der Waals surface area (Å²) in [5.41, 5.74) is 0.865. The Kier molecular flexibility index (Phi) is 5.63. The summed E-state index contributed by atoms with van der Waals surface area (Å²) in [6.07, 6.45) is 0. The van der Waals surface area contributed by atoms with Gasteiger partial charge in [-0.1, -0.05) is 12.1 Å². The van der Waals surface area contributed by atoms with Crippen LogP contribution >= 0.6 is 0 Å². The van der Waals surface area contributed by atoms with Crippen LogP contribution < -0.4 is 10.1 Å². The normalized spacial score (nSPS) is 12.1. The van der Waals surface area contributed by atoms with E-state index in [0.717, 1.165) is 11.3 Å². The Morgan fingerprint density at radius 1 is 1.37 bits per heavy atom. The average molecular weight is 266 g/mol. The Morgan fingerprint density at radius 3 is 2.37 bits per heavy atom. The van der Waals surface area contributed by atoms with Crippen molar-refractivity contribution in [2.75, 3.05) is 20.8 Å². The molecule has 1 aromatic rings. The van der Waals surface area contributed by atoms with Gasteiger partial charge in [-0.25, -0.2) is 4.79 Å². The fraction of sp³-hybridized carbons (Fsp3) is 0.500. The second-order valence-electron chi connectivity index (χ2n) is 4.69. The fourth-order valence-electron chi connectivity index (χ4n) is 1.77. The Bertz CT molecular complexity index is 404. The van der Waals surface area contributed by atoms with Crippen LogP contribution in [0.4, 0.5) is 4.79 Å². The van der Waals surface area contributed by atoms with Crippen LogP contribution in [0.15, 0.2) is 24.3 Å². The van der Waals surface area contributed by atoms with E-state index in [1.807, 2.05) is 38.1 Å². The molecule has 0 unspecified atom stereocenters. The first-order valence-electron chi connectivity index (χ1n) is 6.27. The van der Waals surface area contributed by atoms with E-state index in [0.29, 0.717) is 0 Å². The van der Waals surface area contributed by atoms with Gasteiger partial charge < -0.3 is 20.1 Å². The van der Waals surface area contributed by atoms with Gasteiger partial charge in [-0.2, -0.15) is 0 Å². The van der Waals surface area contributed by atoms with Crippen molar-refractivity contribution in [3.63, 3.8) is 0 Å². The lowest BCUT2D eigenvalue weighted by atomic mass is 10.1. The quantitative estimate of drug-likeness (QED) is 0.854. The summed E-state index contributed by atoms with van der Waals surface area (Å²) >= 11 is 0. The average Bonchev–Trinajstić information content (AvgIpc) is 2.39. The molecule has 0 saturated carbocycles. The minimum atomic E-state index is -0.371. The summed E-state index contributed by atoms with van der Waals surface area (Å²) in [6, 6.07) is 6.80. The van der Waals surface area contributed by atoms with Crippen molar-refractivity contribution in [3.05, 3.63) is 29.8 Å². The number of nitrogens with zero attached hydrogens (tertiary/aromatic N) is 1. The number of urea groups is 1. The molecule has 0 fully saturated rings. The van der Waals surface area contributed by atoms with Crippen molar-refractivity contribution in [2.24, 2.45) is 0 Å². The minimum Gasteiger partial charge on any atom is -0.497 e. The number of nitrogens with one attached hydrogen (secondary N) is 1. The first-order valence-corrected chi connectivity index (χ1v) is 6.27. The van der Waals surface area contributed by atoms with Gasteiger partial charge in [0, 0.05) is 13.1 Å². The molecule has 1 atom stereocenters. The molecule has 0 aliphatic heterocycles. The topological polar surface area (TPSA) is 61.8 Å². The van der Waals surface area contributed by atoms with Gasteiger partial charge in [-0.05, 0) is 31.5 Å². The number of amides is 2. The number of rotatable bonds is 5. The molecule has 19 heavy (non-hydrogen) atoms. The fourth-order valence-corrected chi connectivity index (χ4v) is 1.77. The molecule has 0 saturated heterocycles. The van der Waals surface area contributed by atoms with E-state index < -0.39 is 0 Å². The van der Waals surface area contributed by atoms with Gasteiger partial charge in [0.15, 0.2) is 0 Å². The van der Waals surface area contributed by atoms with Gasteiger partial charge in [0.05, 0.1) is 19.8 Å². The van der Waals surface area contributed by atoms with Gasteiger partial charge in [0.25, 0.3) is 0 Å². The summed E-state index contributed by atoms with van der Waals surface area (Å²) in [4.78, 5) is 13.4. The Hall–Kier alpha value is -1.75. The zero-order chi connectivity index (χ0) is 14.4. The molecule has 5 nitrogen and oxygen atoms in total. The molecular formula is C14H22N2O3. The Labute approximate surface area is 114 Å². The zero-order valence-corrected chi connectivity index (χ0v) is 11.9. The van der Waals surface area contributed by atoms with E-state index in [9.17, 15) is 9.90 Å². The van der Waals surface area contributed by atoms with Gasteiger partial charge in [0.2, 0.25) is 0 Å². The second-order valence-corrected chi connectivity index (χ2v) is 4.69. The van der Waals surface area contributed by atoms with Crippen LogP contribution in [0.5, 0.6) is 5.75 Å². The Balaban J connectivity index is 2.83. The van der Waals surface area contributed by atoms with Crippen molar-refractivity contribution >= 4 is 6.03 Å². The van der Waals surface area contributed by atoms with Crippen LogP contribution in [0.1, 0.15) is 25.5 Å². The van der Waals surface area contributed by atoms with Crippen LogP contribution in [-0.4, -0.2) is 42.8 Å². The zero-order valence-electron chi connectivity index (χ0n) is 11.9. The lowest BCUT2D eigenvalue weighted by molar-refractivity contribution is 0.148. The summed E-state index contributed by atoms with van der Waals surface area (Å²) in [6.45, 7) is 3.66. The van der Waals surface area contributed by atoms with E-state index in [1.165, 1.54) is 4.90 Å². The van der Waals surface area contributed by atoms with Crippen LogP contribution in [-0.2, 0) is 0 Å².